The van der Waals surface area contributed by atoms with Crippen molar-refractivity contribution in [2.45, 2.75) is 51.7 Å². The number of aryl methyl sites for hydroxylation is 1. The van der Waals surface area contributed by atoms with E-state index in [0.29, 0.717) is 6.01 Å². The highest BCUT2D eigenvalue weighted by atomic mass is 32.1. The fourth-order valence-electron chi connectivity index (χ4n) is 3.57. The lowest BCUT2D eigenvalue weighted by atomic mass is 9.98. The summed E-state index contributed by atoms with van der Waals surface area (Å²) < 4.78 is 6.07. The second kappa shape index (κ2) is 9.49. The van der Waals surface area contributed by atoms with Crippen LogP contribution >= 0.6 is 11.3 Å². The van der Waals surface area contributed by atoms with E-state index in [2.05, 4.69) is 36.2 Å². The van der Waals surface area contributed by atoms with Crippen molar-refractivity contribution in [1.82, 2.24) is 24.8 Å². The van der Waals surface area contributed by atoms with Gasteiger partial charge in [-0.2, -0.15) is 4.98 Å². The molecule has 1 N–H and O–H groups in total. The number of hydrogen-bond donors (Lipinski definition) is 1. The van der Waals surface area contributed by atoms with Crippen molar-refractivity contribution in [2.75, 3.05) is 19.4 Å². The zero-order valence-electron chi connectivity index (χ0n) is 17.8. The first-order valence-corrected chi connectivity index (χ1v) is 11.2. The molecule has 3 aromatic rings. The minimum absolute atomic E-state index is 0.230. The molecule has 8 heteroatoms. The van der Waals surface area contributed by atoms with E-state index >= 15 is 0 Å². The molecule has 3 heterocycles. The highest BCUT2D eigenvalue weighted by Crippen LogP contribution is 2.31. The van der Waals surface area contributed by atoms with Crippen molar-refractivity contribution in [3.8, 4) is 16.6 Å². The monoisotopic (exact) mass is 424 g/mol. The number of nitrogens with zero attached hydrogens (tertiary/aromatic N) is 5. The van der Waals surface area contributed by atoms with Gasteiger partial charge in [0.05, 0.1) is 10.6 Å². The largest absolute Gasteiger partial charge is 0.460 e. The third-order valence-electron chi connectivity index (χ3n) is 4.97. The zero-order chi connectivity index (χ0) is 20.9. The maximum atomic E-state index is 6.07. The molecule has 0 unspecified atom stereocenters. The molecule has 0 saturated heterocycles. The second-order valence-corrected chi connectivity index (χ2v) is 9.03. The van der Waals surface area contributed by atoms with Crippen LogP contribution in [-0.4, -0.2) is 45.0 Å². The van der Waals surface area contributed by atoms with Gasteiger partial charge in [0.15, 0.2) is 5.13 Å². The summed E-state index contributed by atoms with van der Waals surface area (Å²) in [6, 6.07) is 6.49. The van der Waals surface area contributed by atoms with Gasteiger partial charge in [0.1, 0.15) is 11.9 Å². The lowest BCUT2D eigenvalue weighted by Crippen LogP contribution is -2.21. The first-order valence-electron chi connectivity index (χ1n) is 10.4. The zero-order valence-corrected chi connectivity index (χ0v) is 18.6. The minimum Gasteiger partial charge on any atom is -0.460 e. The first-order chi connectivity index (χ1) is 14.5. The Labute approximate surface area is 181 Å². The standard InChI is InChI=1S/C22H28N6OS/c1-15-11-18(26-21(25-15)29-17-7-5-4-6-8-17)19-13-24-22(30-19)27-20-10-9-16(12-23-20)14-28(2)3/h9-13,17H,4-8,14H2,1-3H3,(H,23,24,27). The maximum absolute atomic E-state index is 6.07. The predicted octanol–water partition coefficient (Wildman–Crippen LogP) is 4.82. The van der Waals surface area contributed by atoms with Crippen molar-refractivity contribution in [1.29, 1.82) is 0 Å². The fraction of sp³-hybridized carbons (Fsp3) is 0.455. The van der Waals surface area contributed by atoms with Crippen molar-refractivity contribution in [3.05, 3.63) is 41.9 Å². The summed E-state index contributed by atoms with van der Waals surface area (Å²) in [5, 5.41) is 4.06. The van der Waals surface area contributed by atoms with Crippen LogP contribution in [0.15, 0.2) is 30.6 Å². The van der Waals surface area contributed by atoms with E-state index in [1.54, 1.807) is 11.3 Å². The van der Waals surface area contributed by atoms with Crippen LogP contribution in [0.3, 0.4) is 0 Å². The van der Waals surface area contributed by atoms with Gasteiger partial charge in [-0.1, -0.05) is 23.8 Å². The molecule has 30 heavy (non-hydrogen) atoms. The Morgan fingerprint density at radius 2 is 1.93 bits per heavy atom. The molecule has 3 aromatic heterocycles. The Kier molecular flexibility index (Phi) is 6.54. The van der Waals surface area contributed by atoms with E-state index in [-0.39, 0.29) is 6.10 Å². The Balaban J connectivity index is 1.45. The Morgan fingerprint density at radius 3 is 2.67 bits per heavy atom. The molecular formula is C22H28N6OS. The van der Waals surface area contributed by atoms with Crippen LogP contribution < -0.4 is 10.1 Å². The number of anilines is 2. The third-order valence-corrected chi connectivity index (χ3v) is 5.91. The van der Waals surface area contributed by atoms with E-state index in [1.165, 1.54) is 24.8 Å². The highest BCUT2D eigenvalue weighted by molar-refractivity contribution is 7.18. The molecule has 7 nitrogen and oxygen atoms in total. The molecule has 1 saturated carbocycles. The molecule has 0 spiro atoms. The number of pyridine rings is 1. The quantitative estimate of drug-likeness (QED) is 0.583. The average molecular weight is 425 g/mol. The summed E-state index contributed by atoms with van der Waals surface area (Å²) in [5.74, 6) is 0.776. The third kappa shape index (κ3) is 5.52. The Bertz CT molecular complexity index is 966. The molecule has 0 aliphatic heterocycles. The van der Waals surface area contributed by atoms with Gasteiger partial charge >= 0.3 is 6.01 Å². The van der Waals surface area contributed by atoms with Gasteiger partial charge in [0.2, 0.25) is 0 Å². The van der Waals surface area contributed by atoms with Crippen molar-refractivity contribution in [2.24, 2.45) is 0 Å². The van der Waals surface area contributed by atoms with Gasteiger partial charge in [-0.15, -0.1) is 0 Å². The van der Waals surface area contributed by atoms with E-state index in [9.17, 15) is 0 Å². The SMILES string of the molecule is Cc1cc(-c2cnc(Nc3ccc(CN(C)C)cn3)s2)nc(OC2CCCCC2)n1. The molecule has 0 aromatic carbocycles. The summed E-state index contributed by atoms with van der Waals surface area (Å²) in [4.78, 5) is 21.2. The molecule has 0 amide bonds. The van der Waals surface area contributed by atoms with Crippen LogP contribution in [0.25, 0.3) is 10.6 Å². The van der Waals surface area contributed by atoms with Crippen LogP contribution in [-0.2, 0) is 6.54 Å². The van der Waals surface area contributed by atoms with Crippen LogP contribution in [0.1, 0.15) is 43.4 Å². The van der Waals surface area contributed by atoms with Gasteiger partial charge in [-0.3, -0.25) is 0 Å². The smallest absolute Gasteiger partial charge is 0.317 e. The number of ether oxygens (including phenoxy) is 1. The van der Waals surface area contributed by atoms with E-state index < -0.39 is 0 Å². The van der Waals surface area contributed by atoms with E-state index in [4.69, 9.17) is 4.74 Å². The van der Waals surface area contributed by atoms with Crippen molar-refractivity contribution >= 4 is 22.3 Å². The van der Waals surface area contributed by atoms with Gasteiger partial charge in [-0.05, 0) is 64.4 Å². The summed E-state index contributed by atoms with van der Waals surface area (Å²) in [6.07, 6.45) is 9.86. The molecule has 0 radical (unpaired) electrons. The number of nitrogens with one attached hydrogen (secondary N) is 1. The van der Waals surface area contributed by atoms with Crippen molar-refractivity contribution < 1.29 is 4.74 Å². The summed E-state index contributed by atoms with van der Waals surface area (Å²) in [5.41, 5.74) is 2.91. The molecule has 1 aliphatic carbocycles. The topological polar surface area (TPSA) is 76.1 Å². The number of aromatic nitrogens is 4. The molecule has 0 atom stereocenters. The van der Waals surface area contributed by atoms with Crippen LogP contribution in [0, 0.1) is 6.92 Å². The molecule has 0 bridgehead atoms. The number of rotatable bonds is 7. The molecule has 158 valence electrons. The predicted molar refractivity (Wildman–Crippen MR) is 120 cm³/mol. The molecular weight excluding hydrogens is 396 g/mol. The van der Waals surface area contributed by atoms with Crippen molar-refractivity contribution in [3.63, 3.8) is 0 Å². The Morgan fingerprint density at radius 1 is 1.10 bits per heavy atom. The number of hydrogen-bond acceptors (Lipinski definition) is 8. The van der Waals surface area contributed by atoms with Gasteiger partial charge in [0, 0.05) is 24.6 Å². The first kappa shape index (κ1) is 20.7. The van der Waals surface area contributed by atoms with E-state index in [0.717, 1.165) is 46.6 Å². The van der Waals surface area contributed by atoms with Crippen LogP contribution in [0.4, 0.5) is 10.9 Å². The lowest BCUT2D eigenvalue weighted by Gasteiger charge is -2.21. The minimum atomic E-state index is 0.230. The van der Waals surface area contributed by atoms with Crippen LogP contribution in [0.5, 0.6) is 6.01 Å². The maximum Gasteiger partial charge on any atom is 0.317 e. The van der Waals surface area contributed by atoms with Gasteiger partial charge in [0.25, 0.3) is 0 Å². The summed E-state index contributed by atoms with van der Waals surface area (Å²) in [7, 11) is 4.09. The number of thiazole rings is 1. The lowest BCUT2D eigenvalue weighted by molar-refractivity contribution is 0.142. The summed E-state index contributed by atoms with van der Waals surface area (Å²) >= 11 is 1.54. The average Bonchev–Trinajstić information content (AvgIpc) is 3.18. The second-order valence-electron chi connectivity index (χ2n) is 8.00. The Hall–Kier alpha value is -2.58. The highest BCUT2D eigenvalue weighted by Gasteiger charge is 2.17. The van der Waals surface area contributed by atoms with Crippen LogP contribution in [0.2, 0.25) is 0 Å². The normalized spacial score (nSPS) is 14.8. The molecule has 4 rings (SSSR count). The molecule has 1 fully saturated rings. The molecule has 1 aliphatic rings. The fourth-order valence-corrected chi connectivity index (χ4v) is 4.35. The van der Waals surface area contributed by atoms with Gasteiger partial charge < -0.3 is 15.0 Å². The van der Waals surface area contributed by atoms with Gasteiger partial charge in [-0.25, -0.2) is 15.0 Å². The van der Waals surface area contributed by atoms with E-state index in [1.807, 2.05) is 45.5 Å². The summed E-state index contributed by atoms with van der Waals surface area (Å²) in [6.45, 7) is 2.84.